The number of quaternary nitrogens is 1. The molecule has 16 heavy (non-hydrogen) atoms. The maximum atomic E-state index is 9.75. The van der Waals surface area contributed by atoms with Crippen molar-refractivity contribution in [3.63, 3.8) is 0 Å². The van der Waals surface area contributed by atoms with E-state index >= 15 is 0 Å². The van der Waals surface area contributed by atoms with Crippen molar-refractivity contribution in [1.82, 2.24) is 16.8 Å². The lowest BCUT2D eigenvalue weighted by Crippen LogP contribution is -2.03. The standard InChI is InChI=1S/2C4H9N.BF4.H3N/c2*1-2-4-5-3-1;2-1(3,4)5;/h2*5H,1-4H2;;1H3/q;;-1;/p+1. The summed E-state index contributed by atoms with van der Waals surface area (Å²) < 4.78 is 39.0. The zero-order valence-corrected chi connectivity index (χ0v) is 9.75. The molecule has 0 spiro atoms. The minimum absolute atomic E-state index is 0. The quantitative estimate of drug-likeness (QED) is 0.454. The molecule has 8 heteroatoms. The molecule has 0 amide bonds. The van der Waals surface area contributed by atoms with Gasteiger partial charge in [-0.3, -0.25) is 0 Å². The van der Waals surface area contributed by atoms with Gasteiger partial charge in [0.25, 0.3) is 0 Å². The predicted molar refractivity (Wildman–Crippen MR) is 60.4 cm³/mol. The van der Waals surface area contributed by atoms with Crippen molar-refractivity contribution in [1.29, 1.82) is 0 Å². The van der Waals surface area contributed by atoms with Crippen LogP contribution in [0, 0.1) is 0 Å². The van der Waals surface area contributed by atoms with Crippen LogP contribution in [0.5, 0.6) is 0 Å². The van der Waals surface area contributed by atoms with Crippen LogP contribution in [-0.2, 0) is 0 Å². The molecule has 2 heterocycles. The summed E-state index contributed by atoms with van der Waals surface area (Å²) in [6, 6.07) is 0. The van der Waals surface area contributed by atoms with E-state index in [9.17, 15) is 17.3 Å². The molecule has 100 valence electrons. The van der Waals surface area contributed by atoms with Crippen LogP contribution >= 0.6 is 0 Å². The Hall–Kier alpha value is -0.335. The van der Waals surface area contributed by atoms with E-state index in [0.717, 1.165) is 0 Å². The maximum Gasteiger partial charge on any atom is 0.673 e. The molecule has 0 unspecified atom stereocenters. The third-order valence-electron chi connectivity index (χ3n) is 1.91. The van der Waals surface area contributed by atoms with Crippen LogP contribution in [0.25, 0.3) is 0 Å². The smallest absolute Gasteiger partial charge is 0.418 e. The van der Waals surface area contributed by atoms with Gasteiger partial charge in [-0.2, -0.15) is 0 Å². The fourth-order valence-electron chi connectivity index (χ4n) is 1.25. The van der Waals surface area contributed by atoms with Gasteiger partial charge in [0.1, 0.15) is 0 Å². The Bertz CT molecular complexity index is 107. The first-order valence-electron chi connectivity index (χ1n) is 5.29. The average Bonchev–Trinajstić information content (AvgIpc) is 2.81. The Morgan fingerprint density at radius 2 is 0.812 bits per heavy atom. The van der Waals surface area contributed by atoms with Gasteiger partial charge in [0.15, 0.2) is 0 Å². The lowest BCUT2D eigenvalue weighted by atomic mass is 10.3. The molecule has 0 saturated carbocycles. The highest BCUT2D eigenvalue weighted by molar-refractivity contribution is 6.50. The lowest BCUT2D eigenvalue weighted by Gasteiger charge is -1.94. The SMILES string of the molecule is C1CCNC1.C1CCNC1.F[B-](F)(F)F.[NH4+]. The van der Waals surface area contributed by atoms with Crippen LogP contribution < -0.4 is 16.8 Å². The molecule has 0 aromatic rings. The third-order valence-corrected chi connectivity index (χ3v) is 1.91. The number of hydrogen-bond donors (Lipinski definition) is 3. The first kappa shape index (κ1) is 18.0. The summed E-state index contributed by atoms with van der Waals surface area (Å²) in [4.78, 5) is 0. The van der Waals surface area contributed by atoms with Crippen molar-refractivity contribution in [2.45, 2.75) is 25.7 Å². The van der Waals surface area contributed by atoms with Crippen LogP contribution in [0.4, 0.5) is 17.3 Å². The summed E-state index contributed by atoms with van der Waals surface area (Å²) in [6.07, 6.45) is 5.56. The van der Waals surface area contributed by atoms with Crippen molar-refractivity contribution in [3.05, 3.63) is 0 Å². The van der Waals surface area contributed by atoms with E-state index in [1.54, 1.807) is 0 Å². The van der Waals surface area contributed by atoms with Crippen molar-refractivity contribution in [3.8, 4) is 0 Å². The van der Waals surface area contributed by atoms with Crippen LogP contribution in [0.3, 0.4) is 0 Å². The minimum Gasteiger partial charge on any atom is -0.418 e. The summed E-state index contributed by atoms with van der Waals surface area (Å²) >= 11 is 0. The van der Waals surface area contributed by atoms with Gasteiger partial charge in [-0.05, 0) is 51.9 Å². The van der Waals surface area contributed by atoms with Gasteiger partial charge in [-0.15, -0.1) is 0 Å². The van der Waals surface area contributed by atoms with Crippen LogP contribution in [0.2, 0.25) is 0 Å². The molecule has 2 fully saturated rings. The Morgan fingerprint density at radius 1 is 0.625 bits per heavy atom. The van der Waals surface area contributed by atoms with Crippen molar-refractivity contribution < 1.29 is 17.3 Å². The van der Waals surface area contributed by atoms with Gasteiger partial charge in [-0.25, -0.2) is 0 Å². The largest absolute Gasteiger partial charge is 0.673 e. The normalized spacial score (nSPS) is 18.8. The second-order valence-electron chi connectivity index (χ2n) is 3.41. The van der Waals surface area contributed by atoms with Crippen LogP contribution in [0.1, 0.15) is 25.7 Å². The van der Waals surface area contributed by atoms with Crippen LogP contribution in [-0.4, -0.2) is 33.4 Å². The highest BCUT2D eigenvalue weighted by Gasteiger charge is 2.20. The van der Waals surface area contributed by atoms with Gasteiger partial charge < -0.3 is 34.0 Å². The van der Waals surface area contributed by atoms with E-state index in [4.69, 9.17) is 0 Å². The molecule has 0 bridgehead atoms. The monoisotopic (exact) mass is 247 g/mol. The van der Waals surface area contributed by atoms with Gasteiger partial charge in [-0.1, -0.05) is 0 Å². The van der Waals surface area contributed by atoms with E-state index in [1.807, 2.05) is 0 Å². The van der Waals surface area contributed by atoms with E-state index in [1.165, 1.54) is 51.9 Å². The summed E-state index contributed by atoms with van der Waals surface area (Å²) in [7, 11) is -6.00. The maximum absolute atomic E-state index is 9.75. The van der Waals surface area contributed by atoms with Gasteiger partial charge >= 0.3 is 7.25 Å². The Kier molecular flexibility index (Phi) is 12.6. The zero-order valence-electron chi connectivity index (χ0n) is 9.75. The summed E-state index contributed by atoms with van der Waals surface area (Å²) in [5, 5.41) is 6.44. The van der Waals surface area contributed by atoms with Crippen molar-refractivity contribution >= 4 is 7.25 Å². The number of hydrogen-bond acceptors (Lipinski definition) is 2. The van der Waals surface area contributed by atoms with Gasteiger partial charge in [0, 0.05) is 0 Å². The van der Waals surface area contributed by atoms with Gasteiger partial charge in [0.05, 0.1) is 0 Å². The second kappa shape index (κ2) is 11.2. The molecular weight excluding hydrogens is 225 g/mol. The fraction of sp³-hybridized carbons (Fsp3) is 1.00. The topological polar surface area (TPSA) is 60.6 Å². The molecule has 0 radical (unpaired) electrons. The first-order chi connectivity index (χ1) is 7.00. The predicted octanol–water partition coefficient (Wildman–Crippen LogP) is 2.42. The molecular formula is C8H22BF4N3. The lowest BCUT2D eigenvalue weighted by molar-refractivity contribution is 0.368. The molecule has 2 rings (SSSR count). The highest BCUT2D eigenvalue weighted by atomic mass is 19.5. The molecule has 0 aliphatic carbocycles. The Morgan fingerprint density at radius 3 is 0.875 bits per heavy atom. The molecule has 2 saturated heterocycles. The molecule has 0 aromatic heterocycles. The average molecular weight is 247 g/mol. The Balaban J connectivity index is 0. The first-order valence-corrected chi connectivity index (χ1v) is 5.29. The molecule has 2 aliphatic heterocycles. The fourth-order valence-corrected chi connectivity index (χ4v) is 1.25. The summed E-state index contributed by atoms with van der Waals surface area (Å²) in [6.45, 7) is 5.00. The Labute approximate surface area is 94.0 Å². The number of nitrogens with one attached hydrogen (secondary N) is 2. The van der Waals surface area contributed by atoms with Gasteiger partial charge in [0.2, 0.25) is 0 Å². The van der Waals surface area contributed by atoms with E-state index in [0.29, 0.717) is 0 Å². The summed E-state index contributed by atoms with van der Waals surface area (Å²) in [5.41, 5.74) is 0. The van der Waals surface area contributed by atoms with Crippen LogP contribution in [0.15, 0.2) is 0 Å². The molecule has 3 nitrogen and oxygen atoms in total. The highest BCUT2D eigenvalue weighted by Crippen LogP contribution is 2.06. The number of halogens is 4. The molecule has 6 N–H and O–H groups in total. The number of rotatable bonds is 0. The molecule has 0 atom stereocenters. The van der Waals surface area contributed by atoms with Crippen molar-refractivity contribution in [2.24, 2.45) is 0 Å². The van der Waals surface area contributed by atoms with E-state index < -0.39 is 7.25 Å². The van der Waals surface area contributed by atoms with E-state index in [2.05, 4.69) is 10.6 Å². The van der Waals surface area contributed by atoms with Crippen molar-refractivity contribution in [2.75, 3.05) is 26.2 Å². The van der Waals surface area contributed by atoms with E-state index in [-0.39, 0.29) is 6.15 Å². The molecule has 2 aliphatic rings. The molecule has 0 aromatic carbocycles. The minimum atomic E-state index is -6.00. The second-order valence-corrected chi connectivity index (χ2v) is 3.41. The third kappa shape index (κ3) is 23.5. The summed E-state index contributed by atoms with van der Waals surface area (Å²) in [5.74, 6) is 0. The zero-order chi connectivity index (χ0) is 11.6.